The summed E-state index contributed by atoms with van der Waals surface area (Å²) in [6.07, 6.45) is 0. The molecule has 94 valence electrons. The van der Waals surface area contributed by atoms with Crippen molar-refractivity contribution in [1.82, 2.24) is 0 Å². The number of hydrogen-bond donors (Lipinski definition) is 1. The zero-order valence-corrected chi connectivity index (χ0v) is 12.5. The molecule has 1 aromatic carbocycles. The molecule has 3 nitrogen and oxygen atoms in total. The lowest BCUT2D eigenvalue weighted by molar-refractivity contribution is -0.144. The van der Waals surface area contributed by atoms with Crippen molar-refractivity contribution in [1.29, 1.82) is 0 Å². The number of nitrogens with one attached hydrogen (secondary N) is 1. The van der Waals surface area contributed by atoms with E-state index >= 15 is 0 Å². The molecule has 0 fully saturated rings. The van der Waals surface area contributed by atoms with E-state index in [2.05, 4.69) is 26.0 Å². The van der Waals surface area contributed by atoms with Crippen LogP contribution >= 0.6 is 39.1 Å². The molecule has 0 amide bonds. The normalized spacial score (nSPS) is 12.1. The molecule has 0 saturated heterocycles. The van der Waals surface area contributed by atoms with Crippen molar-refractivity contribution in [3.05, 3.63) is 26.7 Å². The summed E-state index contributed by atoms with van der Waals surface area (Å²) in [5, 5.41) is 4.04. The second-order valence-corrected chi connectivity index (χ2v) is 5.28. The molecule has 0 saturated carbocycles. The van der Waals surface area contributed by atoms with Crippen molar-refractivity contribution in [3.8, 4) is 0 Å². The van der Waals surface area contributed by atoms with E-state index in [1.54, 1.807) is 19.1 Å². The fourth-order valence-electron chi connectivity index (χ4n) is 1.25. The van der Waals surface area contributed by atoms with Gasteiger partial charge in [-0.15, -0.1) is 0 Å². The Hall–Kier alpha value is -0.450. The molecule has 6 heteroatoms. The van der Waals surface area contributed by atoms with Crippen molar-refractivity contribution < 1.29 is 9.53 Å². The van der Waals surface area contributed by atoms with Gasteiger partial charge in [0, 0.05) is 11.0 Å². The Morgan fingerprint density at radius 1 is 1.47 bits per heavy atom. The summed E-state index contributed by atoms with van der Waals surface area (Å²) in [5.74, 6) is -0.544. The number of halogens is 3. The summed E-state index contributed by atoms with van der Waals surface area (Å²) in [4.78, 5) is 11.2. The molecule has 0 aromatic heterocycles. The molecule has 17 heavy (non-hydrogen) atoms. The number of carbonyl (C=O) groups excluding carboxylic acids is 1. The number of ether oxygens (including phenoxy) is 1. The van der Waals surface area contributed by atoms with Crippen LogP contribution in [0, 0.1) is 5.92 Å². The highest BCUT2D eigenvalue weighted by molar-refractivity contribution is 9.10. The van der Waals surface area contributed by atoms with Crippen molar-refractivity contribution in [2.45, 2.75) is 6.92 Å². The zero-order chi connectivity index (χ0) is 13.0. The molecule has 0 radical (unpaired) electrons. The van der Waals surface area contributed by atoms with Crippen LogP contribution in [0.4, 0.5) is 5.69 Å². The summed E-state index contributed by atoms with van der Waals surface area (Å²) in [7, 11) is 1.36. The van der Waals surface area contributed by atoms with Crippen LogP contribution in [0.25, 0.3) is 0 Å². The van der Waals surface area contributed by atoms with Gasteiger partial charge in [0.2, 0.25) is 0 Å². The van der Waals surface area contributed by atoms with Crippen LogP contribution in [0.2, 0.25) is 10.0 Å². The molecule has 1 unspecified atom stereocenters. The summed E-state index contributed by atoms with van der Waals surface area (Å²) in [6, 6.07) is 3.47. The van der Waals surface area contributed by atoms with E-state index in [0.717, 1.165) is 4.47 Å². The summed E-state index contributed by atoms with van der Waals surface area (Å²) in [5.41, 5.74) is 0.618. The molecule has 0 heterocycles. The molecular weight excluding hydrogens is 329 g/mol. The van der Waals surface area contributed by atoms with Crippen LogP contribution in [0.15, 0.2) is 16.6 Å². The van der Waals surface area contributed by atoms with Crippen molar-refractivity contribution >= 4 is 50.8 Å². The van der Waals surface area contributed by atoms with Gasteiger partial charge >= 0.3 is 5.97 Å². The summed E-state index contributed by atoms with van der Waals surface area (Å²) >= 11 is 15.4. The van der Waals surface area contributed by atoms with Gasteiger partial charge < -0.3 is 10.1 Å². The lowest BCUT2D eigenvalue weighted by atomic mass is 10.2. The van der Waals surface area contributed by atoms with Crippen LogP contribution in [-0.2, 0) is 9.53 Å². The molecule has 0 spiro atoms. The lowest BCUT2D eigenvalue weighted by Crippen LogP contribution is -2.21. The molecule has 0 bridgehead atoms. The third-order valence-corrected chi connectivity index (χ3v) is 3.25. The van der Waals surface area contributed by atoms with Gasteiger partial charge in [-0.3, -0.25) is 4.79 Å². The third-order valence-electron chi connectivity index (χ3n) is 2.20. The van der Waals surface area contributed by atoms with Crippen LogP contribution in [0.1, 0.15) is 6.92 Å². The fourth-order valence-corrected chi connectivity index (χ4v) is 2.59. The van der Waals surface area contributed by atoms with Crippen molar-refractivity contribution in [3.63, 3.8) is 0 Å². The second kappa shape index (κ2) is 6.47. The summed E-state index contributed by atoms with van der Waals surface area (Å²) < 4.78 is 5.43. The SMILES string of the molecule is COC(=O)C(C)CNc1c(Cl)cc(Br)cc1Cl. The lowest BCUT2D eigenvalue weighted by Gasteiger charge is -2.14. The smallest absolute Gasteiger partial charge is 0.310 e. The van der Waals surface area contributed by atoms with Crippen LogP contribution in [-0.4, -0.2) is 19.6 Å². The minimum absolute atomic E-state index is 0.268. The van der Waals surface area contributed by atoms with E-state index in [-0.39, 0.29) is 11.9 Å². The van der Waals surface area contributed by atoms with Gasteiger partial charge in [0.05, 0.1) is 28.8 Å². The number of esters is 1. The standard InChI is InChI=1S/C11H12BrCl2NO2/c1-6(11(16)17-2)5-15-10-8(13)3-7(12)4-9(10)14/h3-4,6,15H,5H2,1-2H3. The Balaban J connectivity index is 2.73. The number of hydrogen-bond acceptors (Lipinski definition) is 3. The Morgan fingerprint density at radius 2 is 2.00 bits per heavy atom. The highest BCUT2D eigenvalue weighted by Gasteiger charge is 2.14. The topological polar surface area (TPSA) is 38.3 Å². The van der Waals surface area contributed by atoms with Gasteiger partial charge in [-0.1, -0.05) is 46.1 Å². The maximum Gasteiger partial charge on any atom is 0.310 e. The van der Waals surface area contributed by atoms with E-state index in [9.17, 15) is 4.79 Å². The number of rotatable bonds is 4. The van der Waals surface area contributed by atoms with Crippen LogP contribution in [0.5, 0.6) is 0 Å². The molecule has 1 atom stereocenters. The van der Waals surface area contributed by atoms with Crippen LogP contribution < -0.4 is 5.32 Å². The Bertz CT molecular complexity index is 403. The maximum absolute atomic E-state index is 11.2. The van der Waals surface area contributed by atoms with E-state index < -0.39 is 0 Å². The number of benzene rings is 1. The van der Waals surface area contributed by atoms with Gasteiger partial charge in [-0.25, -0.2) is 0 Å². The Kier molecular flexibility index (Phi) is 5.56. The molecule has 1 aromatic rings. The number of carbonyl (C=O) groups is 1. The van der Waals surface area contributed by atoms with Crippen LogP contribution in [0.3, 0.4) is 0 Å². The highest BCUT2D eigenvalue weighted by atomic mass is 79.9. The fraction of sp³-hybridized carbons (Fsp3) is 0.364. The quantitative estimate of drug-likeness (QED) is 0.842. The van der Waals surface area contributed by atoms with Gasteiger partial charge in [-0.05, 0) is 12.1 Å². The minimum Gasteiger partial charge on any atom is -0.469 e. The van der Waals surface area contributed by atoms with Crippen molar-refractivity contribution in [2.75, 3.05) is 19.0 Å². The first-order chi connectivity index (χ1) is 7.95. The molecule has 1 N–H and O–H groups in total. The van der Waals surface area contributed by atoms with Crippen molar-refractivity contribution in [2.24, 2.45) is 5.92 Å². The largest absolute Gasteiger partial charge is 0.469 e. The van der Waals surface area contributed by atoms with Gasteiger partial charge in [0.25, 0.3) is 0 Å². The minimum atomic E-state index is -0.276. The maximum atomic E-state index is 11.2. The Morgan fingerprint density at radius 3 is 2.47 bits per heavy atom. The predicted molar refractivity (Wildman–Crippen MR) is 73.8 cm³/mol. The average molecular weight is 341 g/mol. The van der Waals surface area contributed by atoms with E-state index in [1.165, 1.54) is 7.11 Å². The molecule has 1 rings (SSSR count). The van der Waals surface area contributed by atoms with E-state index in [4.69, 9.17) is 23.2 Å². The molecule has 0 aliphatic rings. The predicted octanol–water partition coefficient (Wildman–Crippen LogP) is 3.98. The van der Waals surface area contributed by atoms with Gasteiger partial charge in [-0.2, -0.15) is 0 Å². The van der Waals surface area contributed by atoms with E-state index in [1.807, 2.05) is 0 Å². The zero-order valence-electron chi connectivity index (χ0n) is 9.39. The first-order valence-electron chi connectivity index (χ1n) is 4.92. The Labute approximate surface area is 119 Å². The summed E-state index contributed by atoms with van der Waals surface area (Å²) in [6.45, 7) is 2.17. The molecular formula is C11H12BrCl2NO2. The average Bonchev–Trinajstić information content (AvgIpc) is 2.26. The van der Waals surface area contributed by atoms with Gasteiger partial charge in [0.1, 0.15) is 0 Å². The molecule has 0 aliphatic carbocycles. The van der Waals surface area contributed by atoms with Gasteiger partial charge in [0.15, 0.2) is 0 Å². The highest BCUT2D eigenvalue weighted by Crippen LogP contribution is 2.33. The number of anilines is 1. The molecule has 0 aliphatic heterocycles. The third kappa shape index (κ3) is 4.05. The first-order valence-corrected chi connectivity index (χ1v) is 6.46. The first kappa shape index (κ1) is 14.6. The van der Waals surface area contributed by atoms with E-state index in [0.29, 0.717) is 22.3 Å². The second-order valence-electron chi connectivity index (χ2n) is 3.55. The number of methoxy groups -OCH3 is 1. The monoisotopic (exact) mass is 339 g/mol.